The van der Waals surface area contributed by atoms with Gasteiger partial charge in [0.25, 0.3) is 0 Å². The molecule has 1 saturated heterocycles. The van der Waals surface area contributed by atoms with Crippen LogP contribution in [0.4, 0.5) is 0 Å². The lowest BCUT2D eigenvalue weighted by Crippen LogP contribution is -2.61. The third-order valence-electron chi connectivity index (χ3n) is 10.7. The molecule has 0 amide bonds. The van der Waals surface area contributed by atoms with E-state index < -0.39 is 29.1 Å². The number of Topliss-reactive ketones (excluding diaryl/α,β-unsaturated/α-hetero) is 1. The average molecular weight is 627 g/mol. The van der Waals surface area contributed by atoms with Gasteiger partial charge >= 0.3 is 0 Å². The van der Waals surface area contributed by atoms with Gasteiger partial charge in [0.15, 0.2) is 11.4 Å². The molecule has 1 fully saturated rings. The molecule has 0 saturated carbocycles. The molecule has 2 aromatic carbocycles. The van der Waals surface area contributed by atoms with E-state index in [0.717, 1.165) is 71.9 Å². The van der Waals surface area contributed by atoms with Crippen molar-refractivity contribution in [2.24, 2.45) is 17.6 Å². The first-order valence-corrected chi connectivity index (χ1v) is 15.9. The van der Waals surface area contributed by atoms with Crippen LogP contribution >= 0.6 is 0 Å². The summed E-state index contributed by atoms with van der Waals surface area (Å²) in [4.78, 5) is 20.1. The lowest BCUT2D eigenvalue weighted by Gasteiger charge is -2.51. The Bertz CT molecular complexity index is 1700. The second-order valence-corrected chi connectivity index (χ2v) is 13.7. The molecule has 1 aliphatic heterocycles. The van der Waals surface area contributed by atoms with Crippen molar-refractivity contribution in [1.29, 1.82) is 0 Å². The number of ether oxygens (including phenoxy) is 1. The number of rotatable bonds is 6. The van der Waals surface area contributed by atoms with Crippen LogP contribution in [0.25, 0.3) is 16.7 Å². The number of likely N-dealkylation sites (N-methyl/N-ethyl adjacent to an activating group) is 2. The Morgan fingerprint density at radius 3 is 2.46 bits per heavy atom. The molecule has 0 radical (unpaired) electrons. The molecule has 46 heavy (non-hydrogen) atoms. The van der Waals surface area contributed by atoms with Crippen molar-refractivity contribution >= 4 is 11.4 Å². The molecule has 6 rings (SSSR count). The minimum atomic E-state index is -2.20. The summed E-state index contributed by atoms with van der Waals surface area (Å²) in [7, 11) is 7.36. The van der Waals surface area contributed by atoms with E-state index in [-0.39, 0.29) is 22.9 Å². The number of aliphatic hydroxyl groups is 3. The number of nitrogens with two attached hydrogens (primary N) is 1. The number of hydrogen-bond donors (Lipinski definition) is 4. The number of ketones is 1. The number of benzene rings is 2. The van der Waals surface area contributed by atoms with Crippen LogP contribution in [0.5, 0.6) is 5.75 Å². The number of methoxy groups -OCH3 is 1. The monoisotopic (exact) mass is 626 g/mol. The van der Waals surface area contributed by atoms with Gasteiger partial charge in [-0.3, -0.25) is 14.6 Å². The Morgan fingerprint density at radius 2 is 1.83 bits per heavy atom. The molecule has 9 heteroatoms. The van der Waals surface area contributed by atoms with Crippen LogP contribution in [0.15, 0.2) is 71.9 Å². The third-order valence-corrected chi connectivity index (χ3v) is 10.7. The van der Waals surface area contributed by atoms with E-state index in [1.165, 1.54) is 0 Å². The molecule has 0 aromatic heterocycles. The summed E-state index contributed by atoms with van der Waals surface area (Å²) in [6, 6.07) is 9.74. The van der Waals surface area contributed by atoms with Gasteiger partial charge in [-0.1, -0.05) is 31.4 Å². The first kappa shape index (κ1) is 32.1. The van der Waals surface area contributed by atoms with E-state index in [1.807, 2.05) is 13.0 Å². The summed E-state index contributed by atoms with van der Waals surface area (Å²) in [5, 5.41) is 35.4. The van der Waals surface area contributed by atoms with Crippen molar-refractivity contribution in [3.05, 3.63) is 94.1 Å². The Kier molecular flexibility index (Phi) is 8.17. The van der Waals surface area contributed by atoms with Crippen LogP contribution in [0.3, 0.4) is 0 Å². The molecule has 2 aromatic rings. The molecule has 9 nitrogen and oxygen atoms in total. The number of aryl methyl sites for hydroxylation is 1. The number of fused-ring (bicyclic) bond motifs is 3. The average Bonchev–Trinajstić information content (AvgIpc) is 3.00. The van der Waals surface area contributed by atoms with Crippen LogP contribution in [0.2, 0.25) is 0 Å². The van der Waals surface area contributed by atoms with Crippen LogP contribution in [0, 0.1) is 18.8 Å². The predicted octanol–water partition coefficient (Wildman–Crippen LogP) is 3.96. The van der Waals surface area contributed by atoms with Gasteiger partial charge in [-0.25, -0.2) is 0 Å². The number of piperazine rings is 1. The first-order valence-electron chi connectivity index (χ1n) is 15.9. The minimum Gasteiger partial charge on any atom is -0.508 e. The van der Waals surface area contributed by atoms with Gasteiger partial charge in [0.05, 0.1) is 18.7 Å². The van der Waals surface area contributed by atoms with Gasteiger partial charge in [-0.05, 0) is 92.3 Å². The van der Waals surface area contributed by atoms with Crippen LogP contribution < -0.4 is 10.5 Å². The van der Waals surface area contributed by atoms with Gasteiger partial charge in [0.2, 0.25) is 0 Å². The molecule has 1 heterocycles. The summed E-state index contributed by atoms with van der Waals surface area (Å²) in [5.41, 5.74) is 10.8. The van der Waals surface area contributed by atoms with Crippen molar-refractivity contribution < 1.29 is 24.9 Å². The van der Waals surface area contributed by atoms with Crippen LogP contribution in [-0.2, 0) is 17.8 Å². The Balaban J connectivity index is 1.46. The van der Waals surface area contributed by atoms with Gasteiger partial charge in [0.1, 0.15) is 17.3 Å². The quantitative estimate of drug-likeness (QED) is 0.377. The van der Waals surface area contributed by atoms with Crippen LogP contribution in [-0.4, -0.2) is 102 Å². The molecule has 0 unspecified atom stereocenters. The lowest BCUT2D eigenvalue weighted by molar-refractivity contribution is -0.133. The molecule has 244 valence electrons. The number of aliphatic hydroxyl groups excluding tert-OH is 2. The van der Waals surface area contributed by atoms with Crippen molar-refractivity contribution in [3.8, 4) is 16.9 Å². The van der Waals surface area contributed by atoms with Crippen LogP contribution in [0.1, 0.15) is 28.7 Å². The standard InChI is InChI=1S/C37H46N4O5/c1-20-8-10-26(23-9-11-29(46-7)25(16-23)19-41-14-12-40(6)13-15-41)27-17-24-18-28-33(39(4)5)34(42)32(22(3)38)36(44)37(28,45)35(43)31(24)21(2)30(20)27/h8-11,16,24,28,33,43-45H,2-3,12-15,17-19,38H2,1,4-7H3/t24-,28-,33-,37-/m0/s1. The van der Waals surface area contributed by atoms with E-state index in [0.29, 0.717) is 24.0 Å². The van der Waals surface area contributed by atoms with Gasteiger partial charge in [0, 0.05) is 55.5 Å². The van der Waals surface area contributed by atoms with E-state index in [2.05, 4.69) is 54.3 Å². The zero-order chi connectivity index (χ0) is 33.2. The highest BCUT2D eigenvalue weighted by molar-refractivity contribution is 6.05. The fourth-order valence-electron chi connectivity index (χ4n) is 8.30. The molecule has 0 bridgehead atoms. The van der Waals surface area contributed by atoms with E-state index >= 15 is 0 Å². The maximum Gasteiger partial charge on any atom is 0.185 e. The van der Waals surface area contributed by atoms with E-state index in [4.69, 9.17) is 10.5 Å². The Morgan fingerprint density at radius 1 is 1.13 bits per heavy atom. The normalized spacial score (nSPS) is 27.1. The van der Waals surface area contributed by atoms with Crippen molar-refractivity contribution in [2.45, 2.75) is 38.0 Å². The highest BCUT2D eigenvalue weighted by atomic mass is 16.5. The number of hydrogen-bond acceptors (Lipinski definition) is 9. The zero-order valence-electron chi connectivity index (χ0n) is 27.6. The molecule has 4 atom stereocenters. The maximum atomic E-state index is 13.6. The highest BCUT2D eigenvalue weighted by Crippen LogP contribution is 2.56. The summed E-state index contributed by atoms with van der Waals surface area (Å²) >= 11 is 0. The SMILES string of the molecule is C=C(N)C1=C(O)[C@@]2(O)C(O)=C3C(=C)c4c(C)ccc(-c5ccc(OC)c(CN6CCN(C)CC6)c5)c4C[C@H]3C[C@H]2[C@H](N(C)C)C1=O. The summed E-state index contributed by atoms with van der Waals surface area (Å²) in [6.45, 7) is 15.0. The number of nitrogens with zero attached hydrogens (tertiary/aromatic N) is 3. The fraction of sp³-hybridized carbons (Fsp3) is 0.432. The Hall–Kier alpha value is -3.89. The Labute approximate surface area is 271 Å². The predicted molar refractivity (Wildman–Crippen MR) is 180 cm³/mol. The van der Waals surface area contributed by atoms with Gasteiger partial charge < -0.3 is 30.7 Å². The number of allylic oxidation sites excluding steroid dienone is 3. The summed E-state index contributed by atoms with van der Waals surface area (Å²) in [6.07, 6.45) is 0.925. The van der Waals surface area contributed by atoms with E-state index in [9.17, 15) is 20.1 Å². The van der Waals surface area contributed by atoms with Crippen molar-refractivity contribution in [2.75, 3.05) is 54.4 Å². The molecule has 5 N–H and O–H groups in total. The molecule has 4 aliphatic rings. The fourth-order valence-corrected chi connectivity index (χ4v) is 8.30. The molecule has 0 spiro atoms. The lowest BCUT2D eigenvalue weighted by atomic mass is 9.58. The number of carbonyl (C=O) groups is 1. The maximum absolute atomic E-state index is 13.6. The molecular formula is C37H46N4O5. The molecule has 3 aliphatic carbocycles. The summed E-state index contributed by atoms with van der Waals surface area (Å²) in [5.74, 6) is -1.63. The first-order chi connectivity index (χ1) is 21.8. The van der Waals surface area contributed by atoms with Gasteiger partial charge in [-0.2, -0.15) is 0 Å². The minimum absolute atomic E-state index is 0.152. The topological polar surface area (TPSA) is 123 Å². The van der Waals surface area contributed by atoms with Crippen molar-refractivity contribution in [3.63, 3.8) is 0 Å². The smallest absolute Gasteiger partial charge is 0.185 e. The highest BCUT2D eigenvalue weighted by Gasteiger charge is 2.61. The van der Waals surface area contributed by atoms with Gasteiger partial charge in [-0.15, -0.1) is 0 Å². The molecular weight excluding hydrogens is 580 g/mol. The van der Waals surface area contributed by atoms with Crippen molar-refractivity contribution in [1.82, 2.24) is 14.7 Å². The zero-order valence-corrected chi connectivity index (χ0v) is 27.6. The number of carbonyl (C=O) groups excluding carboxylic acids is 1. The second kappa shape index (κ2) is 11.7. The largest absolute Gasteiger partial charge is 0.508 e. The third kappa shape index (κ3) is 4.88. The summed E-state index contributed by atoms with van der Waals surface area (Å²) < 4.78 is 5.78. The van der Waals surface area contributed by atoms with E-state index in [1.54, 1.807) is 26.1 Å². The second-order valence-electron chi connectivity index (χ2n) is 13.7.